The van der Waals surface area contributed by atoms with Crippen molar-refractivity contribution < 1.29 is 24.6 Å². The predicted molar refractivity (Wildman–Crippen MR) is 83.3 cm³/mol. The van der Waals surface area contributed by atoms with Crippen LogP contribution in [0, 0.1) is 5.41 Å². The van der Waals surface area contributed by atoms with Gasteiger partial charge < -0.3 is 20.0 Å². The predicted octanol–water partition coefficient (Wildman–Crippen LogP) is 1.64. The lowest BCUT2D eigenvalue weighted by Gasteiger charge is -2.17. The van der Waals surface area contributed by atoms with E-state index in [0.717, 1.165) is 25.7 Å². The van der Waals surface area contributed by atoms with Crippen LogP contribution in [0.15, 0.2) is 18.2 Å². The van der Waals surface area contributed by atoms with Crippen LogP contribution in [0.1, 0.15) is 37.7 Å². The van der Waals surface area contributed by atoms with Crippen LogP contribution in [0.3, 0.4) is 0 Å². The standard InChI is InChI=1S/C16H22N2O5/c1-22-14-7-6-10(12(17)9-13(19)16(20)18-21)8-15(14)23-11-4-2-3-5-11/h6-8,11,13,17,19,21H,2-5,9H2,1H3,(H,18,20). The van der Waals surface area contributed by atoms with Gasteiger partial charge in [0.15, 0.2) is 11.5 Å². The molecule has 2 rings (SSSR count). The summed E-state index contributed by atoms with van der Waals surface area (Å²) < 4.78 is 11.2. The number of amides is 1. The summed E-state index contributed by atoms with van der Waals surface area (Å²) in [5.41, 5.74) is 1.97. The second kappa shape index (κ2) is 7.94. The summed E-state index contributed by atoms with van der Waals surface area (Å²) in [6.45, 7) is 0. The van der Waals surface area contributed by atoms with Gasteiger partial charge in [0.1, 0.15) is 6.10 Å². The van der Waals surface area contributed by atoms with Gasteiger partial charge in [-0.3, -0.25) is 10.0 Å². The molecule has 0 saturated heterocycles. The summed E-state index contributed by atoms with van der Waals surface area (Å²) in [5.74, 6) is 0.204. The zero-order chi connectivity index (χ0) is 16.8. The highest BCUT2D eigenvalue weighted by Gasteiger charge is 2.21. The number of hydrogen-bond donors (Lipinski definition) is 4. The van der Waals surface area contributed by atoms with Crippen molar-refractivity contribution in [1.29, 1.82) is 5.41 Å². The van der Waals surface area contributed by atoms with E-state index >= 15 is 0 Å². The Balaban J connectivity index is 2.12. The Labute approximate surface area is 134 Å². The molecule has 1 aromatic rings. The minimum atomic E-state index is -1.48. The molecular formula is C16H22N2O5. The van der Waals surface area contributed by atoms with E-state index in [4.69, 9.17) is 20.1 Å². The number of aliphatic hydroxyl groups excluding tert-OH is 1. The van der Waals surface area contributed by atoms with Crippen LogP contribution in [0.25, 0.3) is 0 Å². The lowest BCUT2D eigenvalue weighted by atomic mass is 10.0. The molecule has 0 spiro atoms. The van der Waals surface area contributed by atoms with E-state index in [1.165, 1.54) is 5.48 Å². The third kappa shape index (κ3) is 4.43. The Morgan fingerprint density at radius 2 is 2.09 bits per heavy atom. The first-order valence-electron chi connectivity index (χ1n) is 7.59. The van der Waals surface area contributed by atoms with Crippen LogP contribution in [0.5, 0.6) is 11.5 Å². The average Bonchev–Trinajstić information content (AvgIpc) is 3.06. The lowest BCUT2D eigenvalue weighted by molar-refractivity contribution is -0.137. The largest absolute Gasteiger partial charge is 0.493 e. The molecule has 7 heteroatoms. The van der Waals surface area contributed by atoms with Gasteiger partial charge in [-0.1, -0.05) is 0 Å². The Kier molecular flexibility index (Phi) is 5.95. The van der Waals surface area contributed by atoms with E-state index < -0.39 is 12.0 Å². The van der Waals surface area contributed by atoms with E-state index in [-0.39, 0.29) is 18.2 Å². The molecule has 0 bridgehead atoms. The number of aliphatic hydroxyl groups is 1. The van der Waals surface area contributed by atoms with Gasteiger partial charge >= 0.3 is 0 Å². The Morgan fingerprint density at radius 3 is 2.70 bits per heavy atom. The average molecular weight is 322 g/mol. The second-order valence-corrected chi connectivity index (χ2v) is 5.56. The summed E-state index contributed by atoms with van der Waals surface area (Å²) in [4.78, 5) is 11.1. The molecular weight excluding hydrogens is 300 g/mol. The van der Waals surface area contributed by atoms with E-state index in [1.807, 2.05) is 0 Å². The first-order valence-corrected chi connectivity index (χ1v) is 7.59. The molecule has 1 aliphatic carbocycles. The highest BCUT2D eigenvalue weighted by molar-refractivity contribution is 6.01. The number of carbonyl (C=O) groups is 1. The van der Waals surface area contributed by atoms with Crippen LogP contribution in [-0.2, 0) is 4.79 Å². The molecule has 1 amide bonds. The third-order valence-electron chi connectivity index (χ3n) is 3.92. The number of carbonyl (C=O) groups excluding carboxylic acids is 1. The van der Waals surface area contributed by atoms with Gasteiger partial charge in [-0.25, -0.2) is 5.48 Å². The number of hydrogen-bond acceptors (Lipinski definition) is 6. The van der Waals surface area contributed by atoms with Gasteiger partial charge in [0, 0.05) is 12.1 Å². The number of ether oxygens (including phenoxy) is 2. The van der Waals surface area contributed by atoms with Crippen LogP contribution >= 0.6 is 0 Å². The fourth-order valence-electron chi connectivity index (χ4n) is 2.62. The van der Waals surface area contributed by atoms with Gasteiger partial charge in [-0.15, -0.1) is 0 Å². The van der Waals surface area contributed by atoms with Crippen molar-refractivity contribution in [3.8, 4) is 11.5 Å². The van der Waals surface area contributed by atoms with E-state index in [0.29, 0.717) is 17.1 Å². The van der Waals surface area contributed by atoms with Crippen molar-refractivity contribution in [3.63, 3.8) is 0 Å². The molecule has 1 unspecified atom stereocenters. The molecule has 0 heterocycles. The third-order valence-corrected chi connectivity index (χ3v) is 3.92. The topological polar surface area (TPSA) is 112 Å². The minimum Gasteiger partial charge on any atom is -0.493 e. The number of hydroxylamine groups is 1. The van der Waals surface area contributed by atoms with Gasteiger partial charge in [0.05, 0.1) is 13.2 Å². The zero-order valence-corrected chi connectivity index (χ0v) is 13.0. The van der Waals surface area contributed by atoms with Gasteiger partial charge in [0.25, 0.3) is 5.91 Å². The van der Waals surface area contributed by atoms with E-state index in [1.54, 1.807) is 25.3 Å². The number of nitrogens with one attached hydrogen (secondary N) is 2. The zero-order valence-electron chi connectivity index (χ0n) is 13.0. The number of methoxy groups -OCH3 is 1. The minimum absolute atomic E-state index is 0.0695. The Hall–Kier alpha value is -2.12. The van der Waals surface area contributed by atoms with E-state index in [2.05, 4.69) is 0 Å². The molecule has 1 atom stereocenters. The Bertz CT molecular complexity index is 570. The monoisotopic (exact) mass is 322 g/mol. The van der Waals surface area contributed by atoms with Crippen LogP contribution in [0.4, 0.5) is 0 Å². The molecule has 1 fully saturated rings. The highest BCUT2D eigenvalue weighted by Crippen LogP contribution is 2.32. The van der Waals surface area contributed by atoms with Crippen LogP contribution in [0.2, 0.25) is 0 Å². The van der Waals surface area contributed by atoms with Crippen molar-refractivity contribution in [1.82, 2.24) is 5.48 Å². The SMILES string of the molecule is COc1ccc(C(=N)CC(O)C(=O)NO)cc1OC1CCCC1. The molecule has 1 saturated carbocycles. The molecule has 7 nitrogen and oxygen atoms in total. The lowest BCUT2D eigenvalue weighted by Crippen LogP contribution is -2.33. The summed E-state index contributed by atoms with van der Waals surface area (Å²) in [7, 11) is 1.55. The summed E-state index contributed by atoms with van der Waals surface area (Å²) >= 11 is 0. The van der Waals surface area contributed by atoms with Crippen LogP contribution in [-0.4, -0.2) is 41.3 Å². The quantitative estimate of drug-likeness (QED) is 0.346. The summed E-state index contributed by atoms with van der Waals surface area (Å²) in [6.07, 6.45) is 2.76. The molecule has 23 heavy (non-hydrogen) atoms. The second-order valence-electron chi connectivity index (χ2n) is 5.56. The molecule has 1 aromatic carbocycles. The van der Waals surface area contributed by atoms with Crippen molar-refractivity contribution >= 4 is 11.6 Å². The summed E-state index contributed by atoms with van der Waals surface area (Å²) in [6, 6.07) is 5.06. The number of benzene rings is 1. The fraction of sp³-hybridized carbons (Fsp3) is 0.500. The first-order chi connectivity index (χ1) is 11.0. The van der Waals surface area contributed by atoms with Crippen molar-refractivity contribution in [3.05, 3.63) is 23.8 Å². The van der Waals surface area contributed by atoms with Gasteiger partial charge in [-0.05, 0) is 49.4 Å². The molecule has 0 aliphatic heterocycles. The van der Waals surface area contributed by atoms with Crippen LogP contribution < -0.4 is 15.0 Å². The molecule has 4 N–H and O–H groups in total. The molecule has 0 radical (unpaired) electrons. The van der Waals surface area contributed by atoms with E-state index in [9.17, 15) is 9.90 Å². The maximum atomic E-state index is 11.1. The normalized spacial score (nSPS) is 16.0. The van der Waals surface area contributed by atoms with Crippen molar-refractivity contribution in [2.45, 2.75) is 44.3 Å². The molecule has 0 aromatic heterocycles. The maximum absolute atomic E-state index is 11.1. The fourth-order valence-corrected chi connectivity index (χ4v) is 2.62. The van der Waals surface area contributed by atoms with Crippen molar-refractivity contribution in [2.24, 2.45) is 0 Å². The van der Waals surface area contributed by atoms with Crippen molar-refractivity contribution in [2.75, 3.05) is 7.11 Å². The highest BCUT2D eigenvalue weighted by atomic mass is 16.5. The smallest absolute Gasteiger partial charge is 0.272 e. The maximum Gasteiger partial charge on any atom is 0.272 e. The van der Waals surface area contributed by atoms with Gasteiger partial charge in [-0.2, -0.15) is 0 Å². The Morgan fingerprint density at radius 1 is 1.39 bits per heavy atom. The molecule has 126 valence electrons. The molecule has 1 aliphatic rings. The van der Waals surface area contributed by atoms with Gasteiger partial charge in [0.2, 0.25) is 0 Å². The summed E-state index contributed by atoms with van der Waals surface area (Å²) in [5, 5.41) is 26.1. The number of rotatable bonds is 7. The first kappa shape index (κ1) is 17.2.